The van der Waals surface area contributed by atoms with Crippen molar-refractivity contribution in [1.82, 2.24) is 10.2 Å². The van der Waals surface area contributed by atoms with Crippen LogP contribution in [-0.2, 0) is 14.4 Å². The predicted molar refractivity (Wildman–Crippen MR) is 81.7 cm³/mol. The molecule has 5 nitrogen and oxygen atoms in total. The highest BCUT2D eigenvalue weighted by atomic mass is 16.2. The molecule has 1 aliphatic heterocycles. The molecule has 1 fully saturated rings. The number of nitrogens with zero attached hydrogens (tertiary/aromatic N) is 1. The molecular formula is C16H28N2O3. The number of piperidine rings is 1. The minimum absolute atomic E-state index is 0.0342. The van der Waals surface area contributed by atoms with Crippen LogP contribution in [0, 0.1) is 11.8 Å². The lowest BCUT2D eigenvalue weighted by atomic mass is 9.99. The van der Waals surface area contributed by atoms with Gasteiger partial charge in [0.1, 0.15) is 6.04 Å². The number of rotatable bonds is 6. The molecule has 0 aromatic heterocycles. The summed E-state index contributed by atoms with van der Waals surface area (Å²) in [6.07, 6.45) is 3.79. The number of likely N-dealkylation sites (tertiary alicyclic amines) is 1. The summed E-state index contributed by atoms with van der Waals surface area (Å²) in [5.41, 5.74) is 0. The molecule has 0 saturated carbocycles. The number of hydrogen-bond acceptors (Lipinski definition) is 3. The Hall–Kier alpha value is -1.39. The summed E-state index contributed by atoms with van der Waals surface area (Å²) in [5, 5.41) is 2.65. The van der Waals surface area contributed by atoms with Crippen LogP contribution in [0.3, 0.4) is 0 Å². The molecule has 5 heteroatoms. The zero-order valence-corrected chi connectivity index (χ0v) is 13.6. The van der Waals surface area contributed by atoms with E-state index >= 15 is 0 Å². The Labute approximate surface area is 127 Å². The Balaban J connectivity index is 2.70. The van der Waals surface area contributed by atoms with Crippen molar-refractivity contribution in [2.75, 3.05) is 13.1 Å². The van der Waals surface area contributed by atoms with Crippen molar-refractivity contribution in [3.8, 4) is 0 Å². The number of Topliss-reactive ketones (excluding diaryl/α,β-unsaturated/α-hetero) is 1. The molecule has 0 aromatic carbocycles. The largest absolute Gasteiger partial charge is 0.341 e. The van der Waals surface area contributed by atoms with Crippen molar-refractivity contribution >= 4 is 17.6 Å². The normalized spacial score (nSPS) is 18.2. The molecule has 0 spiro atoms. The van der Waals surface area contributed by atoms with E-state index in [1.165, 1.54) is 0 Å². The van der Waals surface area contributed by atoms with Gasteiger partial charge in [0.25, 0.3) is 5.91 Å². The second-order valence-electron chi connectivity index (χ2n) is 6.25. The third-order valence-corrected chi connectivity index (χ3v) is 4.17. The first-order chi connectivity index (χ1) is 9.88. The Bertz CT molecular complexity index is 387. The van der Waals surface area contributed by atoms with Crippen LogP contribution < -0.4 is 5.32 Å². The van der Waals surface area contributed by atoms with Crippen LogP contribution in [0.2, 0.25) is 0 Å². The smallest absolute Gasteiger partial charge is 0.288 e. The first-order valence-corrected chi connectivity index (χ1v) is 8.02. The minimum Gasteiger partial charge on any atom is -0.341 e. The Morgan fingerprint density at radius 2 is 1.62 bits per heavy atom. The van der Waals surface area contributed by atoms with Gasteiger partial charge in [0.15, 0.2) is 0 Å². The molecule has 1 heterocycles. The second-order valence-corrected chi connectivity index (χ2v) is 6.25. The van der Waals surface area contributed by atoms with Crippen LogP contribution in [0.4, 0.5) is 0 Å². The molecule has 21 heavy (non-hydrogen) atoms. The van der Waals surface area contributed by atoms with Crippen molar-refractivity contribution in [2.45, 2.75) is 59.4 Å². The summed E-state index contributed by atoms with van der Waals surface area (Å²) in [4.78, 5) is 38.3. The van der Waals surface area contributed by atoms with Crippen molar-refractivity contribution in [2.24, 2.45) is 11.8 Å². The summed E-state index contributed by atoms with van der Waals surface area (Å²) in [7, 11) is 0. The van der Waals surface area contributed by atoms with Gasteiger partial charge >= 0.3 is 0 Å². The van der Waals surface area contributed by atoms with Crippen molar-refractivity contribution in [3.05, 3.63) is 0 Å². The minimum atomic E-state index is -0.631. The fourth-order valence-corrected chi connectivity index (χ4v) is 2.45. The van der Waals surface area contributed by atoms with E-state index in [2.05, 4.69) is 5.32 Å². The SMILES string of the molecule is CCC(C)C(=O)C(=O)NC(C(=O)N1CCCCC1)C(C)C. The fourth-order valence-electron chi connectivity index (χ4n) is 2.45. The van der Waals surface area contributed by atoms with Gasteiger partial charge in [0.05, 0.1) is 0 Å². The van der Waals surface area contributed by atoms with E-state index in [0.29, 0.717) is 6.42 Å². The highest BCUT2D eigenvalue weighted by Gasteiger charge is 2.31. The van der Waals surface area contributed by atoms with E-state index < -0.39 is 17.7 Å². The molecule has 2 amide bonds. The number of hydrogen-bond donors (Lipinski definition) is 1. The van der Waals surface area contributed by atoms with Gasteiger partial charge in [-0.3, -0.25) is 14.4 Å². The molecule has 0 radical (unpaired) electrons. The van der Waals surface area contributed by atoms with Gasteiger partial charge in [0.2, 0.25) is 11.7 Å². The monoisotopic (exact) mass is 296 g/mol. The van der Waals surface area contributed by atoms with Crippen molar-refractivity contribution < 1.29 is 14.4 Å². The number of ketones is 1. The van der Waals surface area contributed by atoms with Crippen LogP contribution >= 0.6 is 0 Å². The van der Waals surface area contributed by atoms with Crippen LogP contribution in [0.15, 0.2) is 0 Å². The Morgan fingerprint density at radius 3 is 2.10 bits per heavy atom. The first-order valence-electron chi connectivity index (χ1n) is 8.02. The Kier molecular flexibility index (Phi) is 6.85. The fraction of sp³-hybridized carbons (Fsp3) is 0.812. The molecule has 120 valence electrons. The topological polar surface area (TPSA) is 66.5 Å². The maximum Gasteiger partial charge on any atom is 0.288 e. The number of nitrogens with one attached hydrogen (secondary N) is 1. The molecule has 2 unspecified atom stereocenters. The van der Waals surface area contributed by atoms with Gasteiger partial charge in [0, 0.05) is 19.0 Å². The number of carbonyl (C=O) groups is 3. The molecule has 0 aromatic rings. The molecule has 1 rings (SSSR count). The van der Waals surface area contributed by atoms with E-state index in [1.807, 2.05) is 25.7 Å². The zero-order chi connectivity index (χ0) is 16.0. The lowest BCUT2D eigenvalue weighted by Gasteiger charge is -2.32. The van der Waals surface area contributed by atoms with Gasteiger partial charge < -0.3 is 10.2 Å². The van der Waals surface area contributed by atoms with Gasteiger partial charge in [-0.1, -0.05) is 27.7 Å². The van der Waals surface area contributed by atoms with E-state index in [0.717, 1.165) is 32.4 Å². The standard InChI is InChI=1S/C16H28N2O3/c1-5-12(4)14(19)15(20)17-13(11(2)3)16(21)18-9-7-6-8-10-18/h11-13H,5-10H2,1-4H3,(H,17,20). The predicted octanol–water partition coefficient (Wildman–Crippen LogP) is 1.75. The Morgan fingerprint density at radius 1 is 1.05 bits per heavy atom. The van der Waals surface area contributed by atoms with Gasteiger partial charge in [-0.2, -0.15) is 0 Å². The summed E-state index contributed by atoms with van der Waals surface area (Å²) >= 11 is 0. The second kappa shape index (κ2) is 8.15. The summed E-state index contributed by atoms with van der Waals surface area (Å²) in [6, 6.07) is -0.608. The van der Waals surface area contributed by atoms with Crippen molar-refractivity contribution in [3.63, 3.8) is 0 Å². The molecule has 0 bridgehead atoms. The third kappa shape index (κ3) is 4.83. The third-order valence-electron chi connectivity index (χ3n) is 4.17. The van der Waals surface area contributed by atoms with E-state index in [4.69, 9.17) is 0 Å². The van der Waals surface area contributed by atoms with Gasteiger partial charge in [-0.25, -0.2) is 0 Å². The average Bonchev–Trinajstić information content (AvgIpc) is 2.50. The molecule has 0 aliphatic carbocycles. The molecule has 1 saturated heterocycles. The van der Waals surface area contributed by atoms with E-state index in [9.17, 15) is 14.4 Å². The lowest BCUT2D eigenvalue weighted by Crippen LogP contribution is -2.54. The maximum atomic E-state index is 12.5. The highest BCUT2D eigenvalue weighted by Crippen LogP contribution is 2.14. The van der Waals surface area contributed by atoms with E-state index in [-0.39, 0.29) is 17.7 Å². The molecular weight excluding hydrogens is 268 g/mol. The van der Waals surface area contributed by atoms with Crippen molar-refractivity contribution in [1.29, 1.82) is 0 Å². The van der Waals surface area contributed by atoms with Gasteiger partial charge in [-0.05, 0) is 31.6 Å². The molecule has 1 N–H and O–H groups in total. The first kappa shape index (κ1) is 17.7. The molecule has 1 aliphatic rings. The van der Waals surface area contributed by atoms with Crippen LogP contribution in [0.5, 0.6) is 0 Å². The summed E-state index contributed by atoms with van der Waals surface area (Å²) in [6.45, 7) is 8.88. The zero-order valence-electron chi connectivity index (χ0n) is 13.6. The lowest BCUT2D eigenvalue weighted by molar-refractivity contribution is -0.143. The van der Waals surface area contributed by atoms with Gasteiger partial charge in [-0.15, -0.1) is 0 Å². The summed E-state index contributed by atoms with van der Waals surface area (Å²) in [5.74, 6) is -1.46. The van der Waals surface area contributed by atoms with Crippen LogP contribution in [0.25, 0.3) is 0 Å². The quantitative estimate of drug-likeness (QED) is 0.759. The average molecular weight is 296 g/mol. The maximum absolute atomic E-state index is 12.5. The highest BCUT2D eigenvalue weighted by molar-refractivity contribution is 6.37. The van der Waals surface area contributed by atoms with E-state index in [1.54, 1.807) is 6.92 Å². The van der Waals surface area contributed by atoms with Crippen LogP contribution in [-0.4, -0.2) is 41.6 Å². The van der Waals surface area contributed by atoms with Crippen LogP contribution in [0.1, 0.15) is 53.4 Å². The number of carbonyl (C=O) groups excluding carboxylic acids is 3. The summed E-state index contributed by atoms with van der Waals surface area (Å²) < 4.78 is 0. The molecule has 2 atom stereocenters. The number of amides is 2.